The molecule has 0 saturated carbocycles. The number of benzene rings is 3. The Hall–Kier alpha value is -2.10. The SMILES string of the molecule is Cc1c2c(c(C)c3c1[nH]c1ccccc13)C(Cc1ccc(Br)cc1)NCC2. The number of para-hydroxylation sites is 1. The van der Waals surface area contributed by atoms with Crippen molar-refractivity contribution in [3.8, 4) is 0 Å². The van der Waals surface area contributed by atoms with Crippen molar-refractivity contribution in [3.63, 3.8) is 0 Å². The van der Waals surface area contributed by atoms with Crippen LogP contribution in [0.4, 0.5) is 0 Å². The van der Waals surface area contributed by atoms with E-state index in [-0.39, 0.29) is 0 Å². The molecule has 136 valence electrons. The molecule has 2 N–H and O–H groups in total. The molecular formula is C24H23BrN2. The highest BCUT2D eigenvalue weighted by molar-refractivity contribution is 9.10. The van der Waals surface area contributed by atoms with Crippen LogP contribution >= 0.6 is 15.9 Å². The highest BCUT2D eigenvalue weighted by Gasteiger charge is 2.26. The summed E-state index contributed by atoms with van der Waals surface area (Å²) in [7, 11) is 0. The van der Waals surface area contributed by atoms with Crippen LogP contribution in [0.25, 0.3) is 21.8 Å². The van der Waals surface area contributed by atoms with Crippen molar-refractivity contribution in [1.29, 1.82) is 0 Å². The van der Waals surface area contributed by atoms with Gasteiger partial charge >= 0.3 is 0 Å². The van der Waals surface area contributed by atoms with Crippen molar-refractivity contribution in [2.24, 2.45) is 0 Å². The fourth-order valence-electron chi connectivity index (χ4n) is 4.82. The summed E-state index contributed by atoms with van der Waals surface area (Å²) < 4.78 is 1.13. The Labute approximate surface area is 168 Å². The number of hydrogen-bond donors (Lipinski definition) is 2. The molecule has 0 amide bonds. The smallest absolute Gasteiger partial charge is 0.0500 e. The summed E-state index contributed by atoms with van der Waals surface area (Å²) in [5.74, 6) is 0. The summed E-state index contributed by atoms with van der Waals surface area (Å²) in [4.78, 5) is 3.68. The summed E-state index contributed by atoms with van der Waals surface area (Å²) in [5.41, 5.74) is 9.82. The van der Waals surface area contributed by atoms with E-state index in [1.165, 1.54) is 49.6 Å². The largest absolute Gasteiger partial charge is 0.354 e. The van der Waals surface area contributed by atoms with E-state index in [0.29, 0.717) is 6.04 Å². The molecule has 5 rings (SSSR count). The quantitative estimate of drug-likeness (QED) is 0.402. The van der Waals surface area contributed by atoms with E-state index in [0.717, 1.165) is 23.9 Å². The maximum Gasteiger partial charge on any atom is 0.0500 e. The minimum absolute atomic E-state index is 0.367. The van der Waals surface area contributed by atoms with Gasteiger partial charge in [0.2, 0.25) is 0 Å². The number of aryl methyl sites for hydroxylation is 2. The lowest BCUT2D eigenvalue weighted by molar-refractivity contribution is 0.500. The molecule has 0 fully saturated rings. The number of aromatic amines is 1. The van der Waals surface area contributed by atoms with Crippen LogP contribution in [0.15, 0.2) is 53.0 Å². The Balaban J connectivity index is 1.71. The second-order valence-electron chi connectivity index (χ2n) is 7.65. The predicted octanol–water partition coefficient (Wildman–Crippen LogP) is 6.13. The van der Waals surface area contributed by atoms with Gasteiger partial charge in [0.05, 0.1) is 0 Å². The zero-order chi connectivity index (χ0) is 18.5. The molecule has 1 aliphatic rings. The van der Waals surface area contributed by atoms with E-state index in [4.69, 9.17) is 0 Å². The molecule has 3 heteroatoms. The van der Waals surface area contributed by atoms with Gasteiger partial charge in [-0.1, -0.05) is 46.3 Å². The number of H-pyrrole nitrogens is 1. The molecule has 0 spiro atoms. The molecule has 0 bridgehead atoms. The van der Waals surface area contributed by atoms with E-state index < -0.39 is 0 Å². The normalized spacial score (nSPS) is 16.8. The zero-order valence-corrected chi connectivity index (χ0v) is 17.3. The number of nitrogens with one attached hydrogen (secondary N) is 2. The van der Waals surface area contributed by atoms with Crippen LogP contribution in [0, 0.1) is 13.8 Å². The fraction of sp³-hybridized carbons (Fsp3) is 0.250. The first-order valence-electron chi connectivity index (χ1n) is 9.63. The minimum atomic E-state index is 0.367. The van der Waals surface area contributed by atoms with Crippen LogP contribution in [0.1, 0.15) is 33.9 Å². The van der Waals surface area contributed by atoms with E-state index in [1.807, 2.05) is 0 Å². The summed E-state index contributed by atoms with van der Waals surface area (Å²) >= 11 is 3.54. The second-order valence-corrected chi connectivity index (χ2v) is 8.57. The number of fused-ring (bicyclic) bond motifs is 4. The maximum atomic E-state index is 3.79. The van der Waals surface area contributed by atoms with Crippen LogP contribution in [0.5, 0.6) is 0 Å². The van der Waals surface area contributed by atoms with Gasteiger partial charge in [0.25, 0.3) is 0 Å². The summed E-state index contributed by atoms with van der Waals surface area (Å²) in [6, 6.07) is 17.8. The average Bonchev–Trinajstić information content (AvgIpc) is 3.08. The van der Waals surface area contributed by atoms with Crippen LogP contribution in [0.3, 0.4) is 0 Å². The fourth-order valence-corrected chi connectivity index (χ4v) is 5.09. The van der Waals surface area contributed by atoms with Gasteiger partial charge in [0.1, 0.15) is 0 Å². The first-order chi connectivity index (χ1) is 13.1. The summed E-state index contributed by atoms with van der Waals surface area (Å²) in [5, 5.41) is 6.52. The third-order valence-electron chi connectivity index (χ3n) is 6.11. The predicted molar refractivity (Wildman–Crippen MR) is 118 cm³/mol. The van der Waals surface area contributed by atoms with Crippen LogP contribution < -0.4 is 5.32 Å². The lowest BCUT2D eigenvalue weighted by atomic mass is 9.83. The van der Waals surface area contributed by atoms with Gasteiger partial charge in [-0.25, -0.2) is 0 Å². The Morgan fingerprint density at radius 1 is 1.00 bits per heavy atom. The summed E-state index contributed by atoms with van der Waals surface area (Å²) in [6.07, 6.45) is 2.12. The van der Waals surface area contributed by atoms with Crippen molar-refractivity contribution < 1.29 is 0 Å². The van der Waals surface area contributed by atoms with Crippen LogP contribution in [-0.4, -0.2) is 11.5 Å². The Kier molecular flexibility index (Phi) is 4.10. The lowest BCUT2D eigenvalue weighted by Gasteiger charge is -2.31. The van der Waals surface area contributed by atoms with Crippen LogP contribution in [-0.2, 0) is 12.8 Å². The van der Waals surface area contributed by atoms with Gasteiger partial charge in [0.15, 0.2) is 0 Å². The highest BCUT2D eigenvalue weighted by Crippen LogP contribution is 2.39. The first kappa shape index (κ1) is 17.0. The number of aromatic nitrogens is 1. The maximum absolute atomic E-state index is 3.79. The molecule has 0 radical (unpaired) electrons. The third kappa shape index (κ3) is 2.72. The molecule has 27 heavy (non-hydrogen) atoms. The van der Waals surface area contributed by atoms with Crippen molar-refractivity contribution >= 4 is 37.7 Å². The Morgan fingerprint density at radius 3 is 2.59 bits per heavy atom. The minimum Gasteiger partial charge on any atom is -0.354 e. The molecular weight excluding hydrogens is 396 g/mol. The van der Waals surface area contributed by atoms with Gasteiger partial charge in [-0.05, 0) is 79.3 Å². The summed E-state index contributed by atoms with van der Waals surface area (Å²) in [6.45, 7) is 5.64. The third-order valence-corrected chi connectivity index (χ3v) is 6.63. The van der Waals surface area contributed by atoms with E-state index in [2.05, 4.69) is 88.6 Å². The molecule has 1 aliphatic heterocycles. The molecule has 0 aliphatic carbocycles. The highest BCUT2D eigenvalue weighted by atomic mass is 79.9. The average molecular weight is 419 g/mol. The van der Waals surface area contributed by atoms with Gasteiger partial charge in [-0.3, -0.25) is 0 Å². The topological polar surface area (TPSA) is 27.8 Å². The van der Waals surface area contributed by atoms with Gasteiger partial charge in [0, 0.05) is 32.3 Å². The zero-order valence-electron chi connectivity index (χ0n) is 15.7. The molecule has 1 aromatic heterocycles. The van der Waals surface area contributed by atoms with Crippen LogP contribution in [0.2, 0.25) is 0 Å². The number of hydrogen-bond acceptors (Lipinski definition) is 1. The molecule has 1 atom stereocenters. The van der Waals surface area contributed by atoms with Gasteiger partial charge in [-0.2, -0.15) is 0 Å². The van der Waals surface area contributed by atoms with Crippen molar-refractivity contribution in [1.82, 2.24) is 10.3 Å². The molecule has 4 aromatic rings. The van der Waals surface area contributed by atoms with E-state index in [1.54, 1.807) is 0 Å². The molecule has 1 unspecified atom stereocenters. The van der Waals surface area contributed by atoms with Gasteiger partial charge < -0.3 is 10.3 Å². The van der Waals surface area contributed by atoms with Crippen molar-refractivity contribution in [3.05, 3.63) is 80.8 Å². The van der Waals surface area contributed by atoms with Crippen molar-refractivity contribution in [2.75, 3.05) is 6.54 Å². The first-order valence-corrected chi connectivity index (χ1v) is 10.4. The lowest BCUT2D eigenvalue weighted by Crippen LogP contribution is -2.32. The molecule has 2 nitrogen and oxygen atoms in total. The Bertz CT molecular complexity index is 1150. The van der Waals surface area contributed by atoms with Gasteiger partial charge in [-0.15, -0.1) is 0 Å². The Morgan fingerprint density at radius 2 is 1.78 bits per heavy atom. The standard InChI is InChI=1S/C24H23BrN2/c1-14-18-11-12-26-21(13-16-7-9-17(25)10-8-16)22(18)15(2)23-19-5-3-4-6-20(19)27-24(14)23/h3-10,21,26-27H,11-13H2,1-2H3. The van der Waals surface area contributed by atoms with E-state index >= 15 is 0 Å². The molecule has 3 aromatic carbocycles. The molecule has 0 saturated heterocycles. The number of halogens is 1. The molecule has 2 heterocycles. The van der Waals surface area contributed by atoms with E-state index in [9.17, 15) is 0 Å². The number of rotatable bonds is 2. The second kappa shape index (κ2) is 6.50. The van der Waals surface area contributed by atoms with Crippen molar-refractivity contribution in [2.45, 2.75) is 32.7 Å². The monoisotopic (exact) mass is 418 g/mol.